The molecule has 3 rings (SSSR count). The number of aromatic nitrogens is 3. The maximum atomic E-state index is 10.8. The van der Waals surface area contributed by atoms with E-state index in [1.165, 1.54) is 37.4 Å². The molecule has 0 saturated heterocycles. The molecular weight excluding hydrogens is 286 g/mol. The highest BCUT2D eigenvalue weighted by atomic mass is 32.2. The number of carboxylic acids is 1. The third-order valence-electron chi connectivity index (χ3n) is 3.93. The standard InChI is InChI=1S/C15H19N3O2S/c1-10-6-12-14(16-7-10)18(8-11-4-2-3-5-11)15(17-12)21-9-13(19)20/h6-7,11H,2-5,8-9H2,1H3,(H,19,20). The minimum absolute atomic E-state index is 0.0347. The molecule has 21 heavy (non-hydrogen) atoms. The molecule has 1 aliphatic carbocycles. The molecule has 2 aromatic rings. The van der Waals surface area contributed by atoms with E-state index in [4.69, 9.17) is 5.11 Å². The zero-order valence-corrected chi connectivity index (χ0v) is 12.9. The Morgan fingerprint density at radius 1 is 1.48 bits per heavy atom. The van der Waals surface area contributed by atoms with Crippen LogP contribution in [0.15, 0.2) is 17.4 Å². The molecule has 5 nitrogen and oxygen atoms in total. The second kappa shape index (κ2) is 6.05. The van der Waals surface area contributed by atoms with Crippen molar-refractivity contribution >= 4 is 28.9 Å². The Morgan fingerprint density at radius 2 is 2.24 bits per heavy atom. The van der Waals surface area contributed by atoms with Gasteiger partial charge in [-0.15, -0.1) is 0 Å². The van der Waals surface area contributed by atoms with E-state index in [9.17, 15) is 4.79 Å². The minimum atomic E-state index is -0.816. The van der Waals surface area contributed by atoms with Gasteiger partial charge in [0, 0.05) is 12.7 Å². The molecule has 6 heteroatoms. The number of aliphatic carboxylic acids is 1. The lowest BCUT2D eigenvalue weighted by molar-refractivity contribution is -0.133. The van der Waals surface area contributed by atoms with Gasteiger partial charge in [-0.25, -0.2) is 9.97 Å². The van der Waals surface area contributed by atoms with E-state index < -0.39 is 5.97 Å². The summed E-state index contributed by atoms with van der Waals surface area (Å²) in [6, 6.07) is 2.01. The molecule has 0 amide bonds. The van der Waals surface area contributed by atoms with Crippen LogP contribution in [0.5, 0.6) is 0 Å². The molecular formula is C15H19N3O2S. The van der Waals surface area contributed by atoms with Crippen molar-refractivity contribution in [1.82, 2.24) is 14.5 Å². The number of aryl methyl sites for hydroxylation is 1. The second-order valence-electron chi connectivity index (χ2n) is 5.69. The lowest BCUT2D eigenvalue weighted by atomic mass is 10.1. The van der Waals surface area contributed by atoms with E-state index in [0.717, 1.165) is 28.4 Å². The molecule has 0 aromatic carbocycles. The first-order chi connectivity index (χ1) is 10.1. The van der Waals surface area contributed by atoms with Crippen molar-refractivity contribution in [3.8, 4) is 0 Å². The van der Waals surface area contributed by atoms with Crippen LogP contribution in [0.4, 0.5) is 0 Å². The Bertz CT molecular complexity index is 662. The summed E-state index contributed by atoms with van der Waals surface area (Å²) < 4.78 is 2.11. The van der Waals surface area contributed by atoms with E-state index in [0.29, 0.717) is 5.92 Å². The third-order valence-corrected chi connectivity index (χ3v) is 4.89. The predicted octanol–water partition coefficient (Wildman–Crippen LogP) is 3.11. The summed E-state index contributed by atoms with van der Waals surface area (Å²) in [7, 11) is 0. The Labute approximate surface area is 127 Å². The first-order valence-electron chi connectivity index (χ1n) is 7.31. The van der Waals surface area contributed by atoms with Crippen molar-refractivity contribution in [2.24, 2.45) is 5.92 Å². The van der Waals surface area contributed by atoms with Gasteiger partial charge in [-0.05, 0) is 37.3 Å². The van der Waals surface area contributed by atoms with Crippen LogP contribution in [0, 0.1) is 12.8 Å². The maximum Gasteiger partial charge on any atom is 0.313 e. The molecule has 1 fully saturated rings. The molecule has 0 atom stereocenters. The number of nitrogens with zero attached hydrogens (tertiary/aromatic N) is 3. The van der Waals surface area contributed by atoms with Gasteiger partial charge in [-0.3, -0.25) is 4.79 Å². The van der Waals surface area contributed by atoms with Crippen LogP contribution in [0.2, 0.25) is 0 Å². The van der Waals surface area contributed by atoms with Gasteiger partial charge in [0.15, 0.2) is 10.8 Å². The van der Waals surface area contributed by atoms with Crippen LogP contribution in [0.1, 0.15) is 31.2 Å². The maximum absolute atomic E-state index is 10.8. The monoisotopic (exact) mass is 305 g/mol. The second-order valence-corrected chi connectivity index (χ2v) is 6.64. The molecule has 0 radical (unpaired) electrons. The quantitative estimate of drug-likeness (QED) is 0.860. The van der Waals surface area contributed by atoms with Crippen LogP contribution in [-0.4, -0.2) is 31.4 Å². The molecule has 1 N–H and O–H groups in total. The van der Waals surface area contributed by atoms with Gasteiger partial charge >= 0.3 is 5.97 Å². The fraction of sp³-hybridized carbons (Fsp3) is 0.533. The lowest BCUT2D eigenvalue weighted by Crippen LogP contribution is -2.10. The molecule has 1 aliphatic rings. The average molecular weight is 305 g/mol. The van der Waals surface area contributed by atoms with Crippen molar-refractivity contribution in [3.63, 3.8) is 0 Å². The van der Waals surface area contributed by atoms with E-state index in [1.807, 2.05) is 19.2 Å². The summed E-state index contributed by atoms with van der Waals surface area (Å²) in [4.78, 5) is 19.9. The number of imidazole rings is 1. The number of carbonyl (C=O) groups is 1. The molecule has 1 saturated carbocycles. The van der Waals surface area contributed by atoms with E-state index in [-0.39, 0.29) is 5.75 Å². The topological polar surface area (TPSA) is 68.0 Å². The van der Waals surface area contributed by atoms with Gasteiger partial charge in [0.05, 0.1) is 5.75 Å². The summed E-state index contributed by atoms with van der Waals surface area (Å²) in [5, 5.41) is 9.67. The summed E-state index contributed by atoms with van der Waals surface area (Å²) in [6.45, 7) is 2.89. The Kier molecular flexibility index (Phi) is 4.14. The number of pyridine rings is 1. The van der Waals surface area contributed by atoms with Gasteiger partial charge < -0.3 is 9.67 Å². The van der Waals surface area contributed by atoms with E-state index in [2.05, 4.69) is 14.5 Å². The fourth-order valence-electron chi connectivity index (χ4n) is 2.94. The molecule has 2 heterocycles. The highest BCUT2D eigenvalue weighted by Crippen LogP contribution is 2.30. The fourth-order valence-corrected chi connectivity index (χ4v) is 3.68. The summed E-state index contributed by atoms with van der Waals surface area (Å²) in [5.74, 6) is -0.120. The molecule has 0 spiro atoms. The van der Waals surface area contributed by atoms with Crippen LogP contribution in [0.3, 0.4) is 0 Å². The molecule has 112 valence electrons. The van der Waals surface area contributed by atoms with Gasteiger partial charge in [0.25, 0.3) is 0 Å². The number of rotatable bonds is 5. The average Bonchev–Trinajstić information content (AvgIpc) is 3.05. The number of carboxylic acid groups (broad SMARTS) is 1. The normalized spacial score (nSPS) is 15.9. The zero-order valence-electron chi connectivity index (χ0n) is 12.1. The number of thioether (sulfide) groups is 1. The van der Waals surface area contributed by atoms with Crippen molar-refractivity contribution in [3.05, 3.63) is 17.8 Å². The number of fused-ring (bicyclic) bond motifs is 1. The SMILES string of the molecule is Cc1cnc2c(c1)nc(SCC(=O)O)n2CC1CCCC1. The first kappa shape index (κ1) is 14.4. The molecule has 0 unspecified atom stereocenters. The van der Waals surface area contributed by atoms with Crippen molar-refractivity contribution in [1.29, 1.82) is 0 Å². The van der Waals surface area contributed by atoms with Crippen molar-refractivity contribution in [2.45, 2.75) is 44.3 Å². The summed E-state index contributed by atoms with van der Waals surface area (Å²) >= 11 is 1.28. The highest BCUT2D eigenvalue weighted by Gasteiger charge is 2.20. The number of hydrogen-bond acceptors (Lipinski definition) is 4. The minimum Gasteiger partial charge on any atom is -0.481 e. The van der Waals surface area contributed by atoms with Crippen LogP contribution in [-0.2, 0) is 11.3 Å². The van der Waals surface area contributed by atoms with Crippen molar-refractivity contribution in [2.75, 3.05) is 5.75 Å². The first-order valence-corrected chi connectivity index (χ1v) is 8.29. The van der Waals surface area contributed by atoms with E-state index >= 15 is 0 Å². The van der Waals surface area contributed by atoms with Gasteiger partial charge in [0.1, 0.15) is 5.52 Å². The Hall–Kier alpha value is -1.56. The van der Waals surface area contributed by atoms with Gasteiger partial charge in [-0.1, -0.05) is 24.6 Å². The third kappa shape index (κ3) is 3.20. The van der Waals surface area contributed by atoms with Crippen LogP contribution < -0.4 is 0 Å². The summed E-state index contributed by atoms with van der Waals surface area (Å²) in [6.07, 6.45) is 6.92. The molecule has 0 aliphatic heterocycles. The molecule has 2 aromatic heterocycles. The van der Waals surface area contributed by atoms with Gasteiger partial charge in [0.2, 0.25) is 0 Å². The van der Waals surface area contributed by atoms with Crippen molar-refractivity contribution < 1.29 is 9.90 Å². The smallest absolute Gasteiger partial charge is 0.313 e. The predicted molar refractivity (Wildman–Crippen MR) is 82.6 cm³/mol. The Balaban J connectivity index is 1.95. The molecule has 0 bridgehead atoms. The van der Waals surface area contributed by atoms with Gasteiger partial charge in [-0.2, -0.15) is 0 Å². The van der Waals surface area contributed by atoms with Crippen LogP contribution >= 0.6 is 11.8 Å². The highest BCUT2D eigenvalue weighted by molar-refractivity contribution is 7.99. The van der Waals surface area contributed by atoms with E-state index in [1.54, 1.807) is 0 Å². The van der Waals surface area contributed by atoms with Crippen LogP contribution in [0.25, 0.3) is 11.2 Å². The number of hydrogen-bond donors (Lipinski definition) is 1. The largest absolute Gasteiger partial charge is 0.481 e. The zero-order chi connectivity index (χ0) is 14.8. The Morgan fingerprint density at radius 3 is 2.95 bits per heavy atom. The summed E-state index contributed by atoms with van der Waals surface area (Å²) in [5.41, 5.74) is 2.81. The lowest BCUT2D eigenvalue weighted by Gasteiger charge is -2.12.